The van der Waals surface area contributed by atoms with Crippen LogP contribution >= 0.6 is 11.6 Å². The Labute approximate surface area is 163 Å². The van der Waals surface area contributed by atoms with Gasteiger partial charge in [-0.05, 0) is 62.7 Å². The third-order valence-corrected chi connectivity index (χ3v) is 4.34. The molecule has 3 rings (SSSR count). The normalized spacial score (nSPS) is 14.4. The van der Waals surface area contributed by atoms with Crippen LogP contribution in [0.1, 0.15) is 25.0 Å². The van der Waals surface area contributed by atoms with E-state index in [1.54, 1.807) is 32.0 Å². The Bertz CT molecular complexity index is 882. The molecular formula is C20H21ClN2O4. The van der Waals surface area contributed by atoms with Gasteiger partial charge in [0.2, 0.25) is 0 Å². The number of amides is 1. The van der Waals surface area contributed by atoms with E-state index in [1.165, 1.54) is 0 Å². The van der Waals surface area contributed by atoms with Crippen LogP contribution in [-0.4, -0.2) is 30.9 Å². The van der Waals surface area contributed by atoms with Crippen molar-refractivity contribution in [2.45, 2.75) is 26.9 Å². The highest BCUT2D eigenvalue weighted by molar-refractivity contribution is 6.30. The molecule has 142 valence electrons. The van der Waals surface area contributed by atoms with Crippen molar-refractivity contribution in [3.63, 3.8) is 0 Å². The van der Waals surface area contributed by atoms with Gasteiger partial charge in [0.05, 0.1) is 5.71 Å². The number of hydrazone groups is 1. The van der Waals surface area contributed by atoms with Crippen molar-refractivity contribution in [1.29, 1.82) is 0 Å². The lowest BCUT2D eigenvalue weighted by molar-refractivity contribution is -0.127. The summed E-state index contributed by atoms with van der Waals surface area (Å²) in [5.41, 5.74) is 4.88. The minimum atomic E-state index is -0.707. The Morgan fingerprint density at radius 2 is 1.93 bits per heavy atom. The number of nitrogens with zero attached hydrogens (tertiary/aromatic N) is 1. The standard InChI is InChI=1S/C20H21ClN2O4/c1-12-10-16(21)5-7-17(12)27-14(3)20(24)23-22-13(2)15-4-6-18-19(11-15)26-9-8-25-18/h4-7,10-11,14H,8-9H2,1-3H3,(H,23,24)/b22-13-/t14-/m0/s1. The first kappa shape index (κ1) is 19.0. The van der Waals surface area contributed by atoms with Crippen LogP contribution < -0.4 is 19.6 Å². The van der Waals surface area contributed by atoms with Crippen LogP contribution in [0, 0.1) is 6.92 Å². The van der Waals surface area contributed by atoms with E-state index in [9.17, 15) is 4.79 Å². The molecule has 0 bridgehead atoms. The van der Waals surface area contributed by atoms with Gasteiger partial charge in [-0.15, -0.1) is 0 Å². The molecule has 0 aliphatic carbocycles. The number of benzene rings is 2. The zero-order valence-electron chi connectivity index (χ0n) is 15.4. The first-order valence-electron chi connectivity index (χ1n) is 8.61. The summed E-state index contributed by atoms with van der Waals surface area (Å²) in [6.45, 7) is 6.40. The Balaban J connectivity index is 1.63. The highest BCUT2D eigenvalue weighted by Gasteiger charge is 2.16. The molecule has 1 atom stereocenters. The molecule has 0 radical (unpaired) electrons. The molecule has 27 heavy (non-hydrogen) atoms. The van der Waals surface area contributed by atoms with E-state index in [0.717, 1.165) is 11.1 Å². The molecule has 0 spiro atoms. The van der Waals surface area contributed by atoms with Gasteiger partial charge >= 0.3 is 0 Å². The SMILES string of the molecule is C/C(=N/NC(=O)[C@H](C)Oc1ccc(Cl)cc1C)c1ccc2c(c1)OCCO2. The molecule has 1 amide bonds. The predicted molar refractivity (Wildman–Crippen MR) is 104 cm³/mol. The van der Waals surface area contributed by atoms with Crippen molar-refractivity contribution in [3.8, 4) is 17.2 Å². The lowest BCUT2D eigenvalue weighted by atomic mass is 10.1. The number of aryl methyl sites for hydroxylation is 1. The first-order chi connectivity index (χ1) is 12.9. The summed E-state index contributed by atoms with van der Waals surface area (Å²) in [5.74, 6) is 1.65. The zero-order valence-corrected chi connectivity index (χ0v) is 16.2. The zero-order chi connectivity index (χ0) is 19.4. The van der Waals surface area contributed by atoms with Crippen molar-refractivity contribution in [2.24, 2.45) is 5.10 Å². The van der Waals surface area contributed by atoms with E-state index in [0.29, 0.717) is 41.2 Å². The Morgan fingerprint density at radius 3 is 2.67 bits per heavy atom. The minimum Gasteiger partial charge on any atom is -0.486 e. The lowest BCUT2D eigenvalue weighted by Gasteiger charge is -2.19. The van der Waals surface area contributed by atoms with Crippen molar-refractivity contribution in [1.82, 2.24) is 5.43 Å². The Hall–Kier alpha value is -2.73. The van der Waals surface area contributed by atoms with E-state index < -0.39 is 6.10 Å². The second-order valence-electron chi connectivity index (χ2n) is 6.20. The van der Waals surface area contributed by atoms with Gasteiger partial charge in [-0.25, -0.2) is 5.43 Å². The number of carbonyl (C=O) groups is 1. The smallest absolute Gasteiger partial charge is 0.280 e. The fourth-order valence-electron chi connectivity index (χ4n) is 2.55. The van der Waals surface area contributed by atoms with Crippen LogP contribution in [0.15, 0.2) is 41.5 Å². The molecule has 1 aliphatic heterocycles. The van der Waals surface area contributed by atoms with Gasteiger partial charge in [-0.2, -0.15) is 5.10 Å². The van der Waals surface area contributed by atoms with Crippen LogP contribution in [-0.2, 0) is 4.79 Å². The molecule has 0 saturated carbocycles. The molecule has 1 aliphatic rings. The van der Waals surface area contributed by atoms with Crippen molar-refractivity contribution >= 4 is 23.2 Å². The molecule has 2 aromatic carbocycles. The monoisotopic (exact) mass is 388 g/mol. The van der Waals surface area contributed by atoms with Crippen LogP contribution in [0.25, 0.3) is 0 Å². The summed E-state index contributed by atoms with van der Waals surface area (Å²) in [6.07, 6.45) is -0.707. The molecule has 7 heteroatoms. The number of halogens is 1. The number of rotatable bonds is 5. The summed E-state index contributed by atoms with van der Waals surface area (Å²) >= 11 is 5.93. The summed E-state index contributed by atoms with van der Waals surface area (Å²) in [4.78, 5) is 12.3. The molecule has 1 heterocycles. The number of hydrogen-bond acceptors (Lipinski definition) is 5. The van der Waals surface area contributed by atoms with E-state index in [-0.39, 0.29) is 5.91 Å². The first-order valence-corrected chi connectivity index (χ1v) is 8.99. The quantitative estimate of drug-likeness (QED) is 0.626. The minimum absolute atomic E-state index is 0.346. The van der Waals surface area contributed by atoms with E-state index in [4.69, 9.17) is 25.8 Å². The second-order valence-corrected chi connectivity index (χ2v) is 6.64. The molecule has 0 saturated heterocycles. The van der Waals surface area contributed by atoms with Crippen molar-refractivity contribution in [3.05, 3.63) is 52.5 Å². The van der Waals surface area contributed by atoms with Crippen molar-refractivity contribution in [2.75, 3.05) is 13.2 Å². The summed E-state index contributed by atoms with van der Waals surface area (Å²) in [6, 6.07) is 10.8. The summed E-state index contributed by atoms with van der Waals surface area (Å²) in [5, 5.41) is 4.78. The van der Waals surface area contributed by atoms with Crippen LogP contribution in [0.4, 0.5) is 0 Å². The lowest BCUT2D eigenvalue weighted by Crippen LogP contribution is -2.34. The van der Waals surface area contributed by atoms with Crippen LogP contribution in [0.2, 0.25) is 5.02 Å². The predicted octanol–water partition coefficient (Wildman–Crippen LogP) is 3.73. The Morgan fingerprint density at radius 1 is 1.19 bits per heavy atom. The maximum atomic E-state index is 12.3. The fraction of sp³-hybridized carbons (Fsp3) is 0.300. The Kier molecular flexibility index (Phi) is 5.86. The topological polar surface area (TPSA) is 69.2 Å². The molecule has 2 aromatic rings. The molecule has 0 fully saturated rings. The largest absolute Gasteiger partial charge is 0.486 e. The van der Waals surface area contributed by atoms with Gasteiger partial charge in [0.15, 0.2) is 17.6 Å². The van der Waals surface area contributed by atoms with E-state index in [1.807, 2.05) is 25.1 Å². The molecular weight excluding hydrogens is 368 g/mol. The van der Waals surface area contributed by atoms with Crippen LogP contribution in [0.3, 0.4) is 0 Å². The molecule has 0 unspecified atom stereocenters. The number of hydrogen-bond donors (Lipinski definition) is 1. The highest BCUT2D eigenvalue weighted by atomic mass is 35.5. The van der Waals surface area contributed by atoms with Gasteiger partial charge in [0.25, 0.3) is 5.91 Å². The third kappa shape index (κ3) is 4.71. The maximum Gasteiger partial charge on any atom is 0.280 e. The second kappa shape index (κ2) is 8.31. The highest BCUT2D eigenvalue weighted by Crippen LogP contribution is 2.30. The third-order valence-electron chi connectivity index (χ3n) is 4.10. The average Bonchev–Trinajstić information content (AvgIpc) is 2.67. The number of nitrogens with one attached hydrogen (secondary N) is 1. The van der Waals surface area contributed by atoms with E-state index in [2.05, 4.69) is 10.5 Å². The van der Waals surface area contributed by atoms with Gasteiger partial charge in [0.1, 0.15) is 19.0 Å². The number of fused-ring (bicyclic) bond motifs is 1. The average molecular weight is 389 g/mol. The van der Waals surface area contributed by atoms with Gasteiger partial charge in [0, 0.05) is 10.6 Å². The van der Waals surface area contributed by atoms with E-state index >= 15 is 0 Å². The summed E-state index contributed by atoms with van der Waals surface area (Å²) in [7, 11) is 0. The molecule has 0 aromatic heterocycles. The summed E-state index contributed by atoms with van der Waals surface area (Å²) < 4.78 is 16.8. The van der Waals surface area contributed by atoms with Gasteiger partial charge in [-0.3, -0.25) is 4.79 Å². The van der Waals surface area contributed by atoms with Crippen LogP contribution in [0.5, 0.6) is 17.2 Å². The fourth-order valence-corrected chi connectivity index (χ4v) is 2.78. The number of carbonyl (C=O) groups excluding carboxylic acids is 1. The molecule has 6 nitrogen and oxygen atoms in total. The molecule has 1 N–H and O–H groups in total. The van der Waals surface area contributed by atoms with Crippen molar-refractivity contribution < 1.29 is 19.0 Å². The maximum absolute atomic E-state index is 12.3. The van der Waals surface area contributed by atoms with Gasteiger partial charge in [-0.1, -0.05) is 11.6 Å². The van der Waals surface area contributed by atoms with Gasteiger partial charge < -0.3 is 14.2 Å². The number of ether oxygens (including phenoxy) is 3.